The van der Waals surface area contributed by atoms with Crippen molar-refractivity contribution < 1.29 is 4.79 Å². The molecule has 0 atom stereocenters. The molecule has 0 saturated heterocycles. The van der Waals surface area contributed by atoms with Crippen molar-refractivity contribution >= 4 is 5.78 Å². The van der Waals surface area contributed by atoms with Gasteiger partial charge in [0.2, 0.25) is 0 Å². The summed E-state index contributed by atoms with van der Waals surface area (Å²) < 4.78 is 0. The number of carbonyl (C=O) groups excluding carboxylic acids is 1. The number of nitrogens with two attached hydrogens (primary N) is 1. The van der Waals surface area contributed by atoms with Gasteiger partial charge in [-0.05, 0) is 24.1 Å². The van der Waals surface area contributed by atoms with E-state index in [-0.39, 0.29) is 5.78 Å². The maximum atomic E-state index is 11.0. The van der Waals surface area contributed by atoms with Crippen molar-refractivity contribution in [2.24, 2.45) is 5.73 Å². The second-order valence-corrected chi connectivity index (χ2v) is 2.61. The van der Waals surface area contributed by atoms with E-state index in [0.29, 0.717) is 12.1 Å². The van der Waals surface area contributed by atoms with E-state index in [2.05, 4.69) is 6.58 Å². The van der Waals surface area contributed by atoms with Crippen molar-refractivity contribution in [1.29, 1.82) is 0 Å². The minimum atomic E-state index is 0.105. The second kappa shape index (κ2) is 2.74. The van der Waals surface area contributed by atoms with Gasteiger partial charge >= 0.3 is 0 Å². The van der Waals surface area contributed by atoms with E-state index in [1.807, 2.05) is 0 Å². The lowest BCUT2D eigenvalue weighted by Crippen LogP contribution is -2.13. The van der Waals surface area contributed by atoms with Gasteiger partial charge < -0.3 is 5.73 Å². The predicted molar refractivity (Wildman–Crippen MR) is 44.8 cm³/mol. The van der Waals surface area contributed by atoms with E-state index in [9.17, 15) is 4.79 Å². The first kappa shape index (κ1) is 7.79. The van der Waals surface area contributed by atoms with E-state index >= 15 is 0 Å². The Balaban J connectivity index is 3.05. The maximum absolute atomic E-state index is 11.0. The molecule has 2 N–H and O–H groups in total. The zero-order valence-corrected chi connectivity index (χ0v) is 6.55. The molecule has 1 rings (SSSR count). The molecular formula is C9H11NO. The Morgan fingerprint density at radius 1 is 1.73 bits per heavy atom. The Bertz CT molecular complexity index is 271. The fraction of sp³-hybridized carbons (Fsp3) is 0.222. The van der Waals surface area contributed by atoms with E-state index in [4.69, 9.17) is 5.73 Å². The summed E-state index contributed by atoms with van der Waals surface area (Å²) in [6, 6.07) is 0. The van der Waals surface area contributed by atoms with Gasteiger partial charge in [0.1, 0.15) is 0 Å². The highest BCUT2D eigenvalue weighted by atomic mass is 16.1. The quantitative estimate of drug-likeness (QED) is 0.610. The molecule has 0 heterocycles. The summed E-state index contributed by atoms with van der Waals surface area (Å²) >= 11 is 0. The average Bonchev–Trinajstić information content (AvgIpc) is 1.97. The fourth-order valence-electron chi connectivity index (χ4n) is 1.01. The molecule has 0 aromatic heterocycles. The Morgan fingerprint density at radius 3 is 2.91 bits per heavy atom. The Morgan fingerprint density at radius 2 is 2.36 bits per heavy atom. The zero-order chi connectivity index (χ0) is 8.43. The van der Waals surface area contributed by atoms with Crippen LogP contribution < -0.4 is 5.73 Å². The van der Waals surface area contributed by atoms with Crippen molar-refractivity contribution in [3.8, 4) is 0 Å². The molecule has 1 aliphatic rings. The van der Waals surface area contributed by atoms with Gasteiger partial charge in [-0.25, -0.2) is 0 Å². The number of allylic oxidation sites excluding steroid dienone is 5. The van der Waals surface area contributed by atoms with E-state index in [1.54, 1.807) is 19.1 Å². The van der Waals surface area contributed by atoms with Crippen LogP contribution in [-0.2, 0) is 4.79 Å². The summed E-state index contributed by atoms with van der Waals surface area (Å²) in [6.07, 6.45) is 3.78. The molecule has 0 radical (unpaired) electrons. The van der Waals surface area contributed by atoms with Gasteiger partial charge in [0.15, 0.2) is 5.78 Å². The molecule has 2 heteroatoms. The topological polar surface area (TPSA) is 43.1 Å². The number of hydrogen-bond donors (Lipinski definition) is 1. The lowest BCUT2D eigenvalue weighted by molar-refractivity contribution is -0.115. The molecule has 0 aromatic carbocycles. The van der Waals surface area contributed by atoms with Crippen LogP contribution in [0.25, 0.3) is 0 Å². The molecule has 0 bridgehead atoms. The summed E-state index contributed by atoms with van der Waals surface area (Å²) in [5, 5.41) is 0. The van der Waals surface area contributed by atoms with Crippen LogP contribution in [0.2, 0.25) is 0 Å². The maximum Gasteiger partial charge on any atom is 0.164 e. The highest BCUT2D eigenvalue weighted by molar-refractivity contribution is 5.98. The third-order valence-corrected chi connectivity index (χ3v) is 1.75. The Hall–Kier alpha value is -1.31. The Labute approximate surface area is 66.1 Å². The van der Waals surface area contributed by atoms with Gasteiger partial charge in [-0.3, -0.25) is 4.79 Å². The fourth-order valence-corrected chi connectivity index (χ4v) is 1.01. The molecule has 0 unspecified atom stereocenters. The molecule has 0 fully saturated rings. The number of Topliss-reactive ketones (excluding diaryl/α,β-unsaturated/α-hetero) is 1. The van der Waals surface area contributed by atoms with Gasteiger partial charge in [-0.1, -0.05) is 12.7 Å². The Kier molecular flexibility index (Phi) is 1.94. The highest BCUT2D eigenvalue weighted by Crippen LogP contribution is 2.17. The number of hydrogen-bond acceptors (Lipinski definition) is 2. The van der Waals surface area contributed by atoms with Crippen molar-refractivity contribution in [2.45, 2.75) is 13.3 Å². The summed E-state index contributed by atoms with van der Waals surface area (Å²) in [5.74, 6) is 0.105. The molecule has 0 aliphatic heterocycles. The SMILES string of the molecule is C=CC1=C(N)CC(=O)C(C)=C1. The van der Waals surface area contributed by atoms with Crippen LogP contribution in [-0.4, -0.2) is 5.78 Å². The van der Waals surface area contributed by atoms with Crippen LogP contribution >= 0.6 is 0 Å². The average molecular weight is 149 g/mol. The summed E-state index contributed by atoms with van der Waals surface area (Å²) in [5.41, 5.74) is 7.84. The van der Waals surface area contributed by atoms with Crippen LogP contribution in [0.3, 0.4) is 0 Å². The molecular weight excluding hydrogens is 138 g/mol. The van der Waals surface area contributed by atoms with Gasteiger partial charge in [-0.15, -0.1) is 0 Å². The van der Waals surface area contributed by atoms with Crippen LogP contribution in [0.5, 0.6) is 0 Å². The number of carbonyl (C=O) groups is 1. The molecule has 0 aromatic rings. The van der Waals surface area contributed by atoms with Gasteiger partial charge in [0, 0.05) is 5.70 Å². The summed E-state index contributed by atoms with van der Waals surface area (Å²) in [4.78, 5) is 11.0. The normalized spacial score (nSPS) is 18.3. The minimum Gasteiger partial charge on any atom is -0.401 e. The van der Waals surface area contributed by atoms with Crippen molar-refractivity contribution in [2.75, 3.05) is 0 Å². The highest BCUT2D eigenvalue weighted by Gasteiger charge is 2.13. The molecule has 0 saturated carbocycles. The van der Waals surface area contributed by atoms with E-state index in [1.165, 1.54) is 0 Å². The third kappa shape index (κ3) is 1.40. The first-order chi connectivity index (χ1) is 5.15. The second-order valence-electron chi connectivity index (χ2n) is 2.61. The summed E-state index contributed by atoms with van der Waals surface area (Å²) in [7, 11) is 0. The molecule has 58 valence electrons. The van der Waals surface area contributed by atoms with Gasteiger partial charge in [-0.2, -0.15) is 0 Å². The zero-order valence-electron chi connectivity index (χ0n) is 6.55. The number of rotatable bonds is 1. The minimum absolute atomic E-state index is 0.105. The monoisotopic (exact) mass is 149 g/mol. The van der Waals surface area contributed by atoms with Gasteiger partial charge in [0.05, 0.1) is 6.42 Å². The first-order valence-electron chi connectivity index (χ1n) is 3.47. The van der Waals surface area contributed by atoms with Crippen LogP contribution in [0.4, 0.5) is 0 Å². The van der Waals surface area contributed by atoms with E-state index < -0.39 is 0 Å². The van der Waals surface area contributed by atoms with Crippen molar-refractivity contribution in [3.05, 3.63) is 35.6 Å². The lowest BCUT2D eigenvalue weighted by Gasteiger charge is -2.10. The smallest absolute Gasteiger partial charge is 0.164 e. The number of ketones is 1. The molecule has 11 heavy (non-hydrogen) atoms. The van der Waals surface area contributed by atoms with Crippen molar-refractivity contribution in [1.82, 2.24) is 0 Å². The summed E-state index contributed by atoms with van der Waals surface area (Å²) in [6.45, 7) is 5.39. The molecule has 0 spiro atoms. The largest absolute Gasteiger partial charge is 0.401 e. The van der Waals surface area contributed by atoms with Crippen molar-refractivity contribution in [3.63, 3.8) is 0 Å². The van der Waals surface area contributed by atoms with Crippen LogP contribution in [0, 0.1) is 0 Å². The molecule has 0 amide bonds. The molecule has 2 nitrogen and oxygen atoms in total. The molecule has 1 aliphatic carbocycles. The van der Waals surface area contributed by atoms with Crippen LogP contribution in [0.1, 0.15) is 13.3 Å². The lowest BCUT2D eigenvalue weighted by atomic mass is 9.97. The predicted octanol–water partition coefficient (Wildman–Crippen LogP) is 1.30. The standard InChI is InChI=1S/C9H11NO/c1-3-7-4-6(2)9(11)5-8(7)10/h3-4H,1,5,10H2,2H3. The van der Waals surface area contributed by atoms with Gasteiger partial charge in [0.25, 0.3) is 0 Å². The third-order valence-electron chi connectivity index (χ3n) is 1.75. The first-order valence-corrected chi connectivity index (χ1v) is 3.47. The van der Waals surface area contributed by atoms with E-state index in [0.717, 1.165) is 11.1 Å². The van der Waals surface area contributed by atoms with Crippen LogP contribution in [0.15, 0.2) is 35.6 Å².